The van der Waals surface area contributed by atoms with Crippen LogP contribution in [0.5, 0.6) is 17.2 Å². The van der Waals surface area contributed by atoms with Crippen molar-refractivity contribution in [2.75, 3.05) is 37.5 Å². The van der Waals surface area contributed by atoms with Crippen LogP contribution in [0.25, 0.3) is 0 Å². The number of hydrogen-bond donors (Lipinski definition) is 1. The SMILES string of the molecule is COc1ccc(N(CC(=O)Nc2ccc(C)c(C)c2)S(=O)(=O)c2ccc(OC)c(OC)c2)cc1. The van der Waals surface area contributed by atoms with E-state index in [1.807, 2.05) is 26.0 Å². The van der Waals surface area contributed by atoms with Crippen LogP contribution in [0.1, 0.15) is 11.1 Å². The van der Waals surface area contributed by atoms with Gasteiger partial charge in [-0.15, -0.1) is 0 Å². The number of carbonyl (C=O) groups is 1. The first-order valence-electron chi connectivity index (χ1n) is 10.5. The highest BCUT2D eigenvalue weighted by atomic mass is 32.2. The lowest BCUT2D eigenvalue weighted by Gasteiger charge is -2.24. The molecule has 34 heavy (non-hydrogen) atoms. The van der Waals surface area contributed by atoms with Crippen LogP contribution in [0.4, 0.5) is 11.4 Å². The largest absolute Gasteiger partial charge is 0.497 e. The lowest BCUT2D eigenvalue weighted by Crippen LogP contribution is -2.38. The van der Waals surface area contributed by atoms with E-state index in [9.17, 15) is 13.2 Å². The molecule has 0 heterocycles. The molecule has 0 saturated carbocycles. The zero-order valence-corrected chi connectivity index (χ0v) is 20.6. The molecule has 0 atom stereocenters. The fourth-order valence-electron chi connectivity index (χ4n) is 3.32. The van der Waals surface area contributed by atoms with E-state index in [0.29, 0.717) is 22.9 Å². The molecule has 0 saturated heterocycles. The standard InChI is InChI=1S/C25H28N2O6S/c1-17-6-7-19(14-18(17)2)26-25(28)16-27(20-8-10-21(31-3)11-9-20)34(29,30)22-12-13-23(32-4)24(15-22)33-5/h6-15H,16H2,1-5H3,(H,26,28). The maximum absolute atomic E-state index is 13.7. The lowest BCUT2D eigenvalue weighted by atomic mass is 10.1. The van der Waals surface area contributed by atoms with Gasteiger partial charge in [0, 0.05) is 11.8 Å². The Morgan fingerprint density at radius 1 is 0.824 bits per heavy atom. The number of nitrogens with one attached hydrogen (secondary N) is 1. The van der Waals surface area contributed by atoms with Gasteiger partial charge in [0.15, 0.2) is 11.5 Å². The third kappa shape index (κ3) is 5.43. The van der Waals surface area contributed by atoms with Gasteiger partial charge >= 0.3 is 0 Å². The zero-order valence-electron chi connectivity index (χ0n) is 19.8. The number of hydrogen-bond acceptors (Lipinski definition) is 6. The molecule has 0 fully saturated rings. The molecule has 0 aromatic heterocycles. The molecule has 0 aliphatic heterocycles. The summed E-state index contributed by atoms with van der Waals surface area (Å²) < 4.78 is 44.0. The molecule has 0 spiro atoms. The van der Waals surface area contributed by atoms with Gasteiger partial charge in [-0.2, -0.15) is 0 Å². The van der Waals surface area contributed by atoms with Crippen molar-refractivity contribution in [3.63, 3.8) is 0 Å². The molecular weight excluding hydrogens is 456 g/mol. The molecule has 0 aliphatic carbocycles. The van der Waals surface area contributed by atoms with Crippen LogP contribution < -0.4 is 23.8 Å². The maximum Gasteiger partial charge on any atom is 0.264 e. The highest BCUT2D eigenvalue weighted by Gasteiger charge is 2.28. The Balaban J connectivity index is 1.99. The number of ether oxygens (including phenoxy) is 3. The minimum atomic E-state index is -4.14. The molecule has 3 rings (SSSR count). The van der Waals surface area contributed by atoms with Gasteiger partial charge in [0.1, 0.15) is 12.3 Å². The zero-order chi connectivity index (χ0) is 24.9. The maximum atomic E-state index is 13.7. The first-order valence-corrected chi connectivity index (χ1v) is 11.9. The van der Waals surface area contributed by atoms with Gasteiger partial charge in [-0.05, 0) is 73.5 Å². The van der Waals surface area contributed by atoms with Crippen molar-refractivity contribution >= 4 is 27.3 Å². The Hall–Kier alpha value is -3.72. The predicted octanol–water partition coefficient (Wildman–Crippen LogP) is 4.16. The third-order valence-corrected chi connectivity index (χ3v) is 7.15. The molecule has 0 unspecified atom stereocenters. The summed E-state index contributed by atoms with van der Waals surface area (Å²) in [6.45, 7) is 3.48. The van der Waals surface area contributed by atoms with Crippen LogP contribution in [-0.4, -0.2) is 42.2 Å². The first kappa shape index (κ1) is 24.9. The van der Waals surface area contributed by atoms with Crippen molar-refractivity contribution in [1.29, 1.82) is 0 Å². The van der Waals surface area contributed by atoms with E-state index in [-0.39, 0.29) is 10.6 Å². The number of carbonyl (C=O) groups excluding carboxylic acids is 1. The van der Waals surface area contributed by atoms with Gasteiger partial charge in [0.2, 0.25) is 5.91 Å². The number of rotatable bonds is 9. The second kappa shape index (κ2) is 10.5. The van der Waals surface area contributed by atoms with E-state index in [0.717, 1.165) is 15.4 Å². The van der Waals surface area contributed by atoms with Crippen LogP contribution in [0.2, 0.25) is 0 Å². The van der Waals surface area contributed by atoms with Crippen LogP contribution >= 0.6 is 0 Å². The van der Waals surface area contributed by atoms with E-state index in [1.54, 1.807) is 30.3 Å². The van der Waals surface area contributed by atoms with Crippen molar-refractivity contribution in [1.82, 2.24) is 0 Å². The number of nitrogens with zero attached hydrogens (tertiary/aromatic N) is 1. The number of methoxy groups -OCH3 is 3. The number of aryl methyl sites for hydroxylation is 2. The Morgan fingerprint density at radius 2 is 1.50 bits per heavy atom. The predicted molar refractivity (Wildman–Crippen MR) is 132 cm³/mol. The van der Waals surface area contributed by atoms with E-state index in [1.165, 1.54) is 39.5 Å². The summed E-state index contributed by atoms with van der Waals surface area (Å²) in [5.41, 5.74) is 3.01. The summed E-state index contributed by atoms with van der Waals surface area (Å²) >= 11 is 0. The van der Waals surface area contributed by atoms with Crippen molar-refractivity contribution in [3.05, 3.63) is 71.8 Å². The van der Waals surface area contributed by atoms with Crippen LogP contribution in [0, 0.1) is 13.8 Å². The minimum absolute atomic E-state index is 0.0417. The van der Waals surface area contributed by atoms with Gasteiger partial charge in [0.25, 0.3) is 10.0 Å². The Bertz CT molecular complexity index is 1270. The first-order chi connectivity index (χ1) is 16.2. The highest BCUT2D eigenvalue weighted by Crippen LogP contribution is 2.32. The van der Waals surface area contributed by atoms with E-state index < -0.39 is 22.5 Å². The molecular formula is C25H28N2O6S. The Kier molecular flexibility index (Phi) is 7.68. The fourth-order valence-corrected chi connectivity index (χ4v) is 4.75. The van der Waals surface area contributed by atoms with Crippen molar-refractivity contribution < 1.29 is 27.4 Å². The molecule has 0 aliphatic rings. The van der Waals surface area contributed by atoms with E-state index in [4.69, 9.17) is 14.2 Å². The molecule has 180 valence electrons. The second-order valence-corrected chi connectivity index (χ2v) is 9.44. The van der Waals surface area contributed by atoms with Gasteiger partial charge in [-0.3, -0.25) is 9.10 Å². The molecule has 0 bridgehead atoms. The molecule has 3 aromatic carbocycles. The van der Waals surface area contributed by atoms with E-state index >= 15 is 0 Å². The van der Waals surface area contributed by atoms with Crippen LogP contribution in [0.15, 0.2) is 65.6 Å². The van der Waals surface area contributed by atoms with E-state index in [2.05, 4.69) is 5.32 Å². The summed E-state index contributed by atoms with van der Waals surface area (Å²) in [6, 6.07) is 16.2. The topological polar surface area (TPSA) is 94.2 Å². The number of amides is 1. The fraction of sp³-hybridized carbons (Fsp3) is 0.240. The quantitative estimate of drug-likeness (QED) is 0.490. The molecule has 3 aromatic rings. The summed E-state index contributed by atoms with van der Waals surface area (Å²) in [4.78, 5) is 12.9. The number of anilines is 2. The summed E-state index contributed by atoms with van der Waals surface area (Å²) in [5, 5.41) is 2.78. The average molecular weight is 485 g/mol. The molecule has 9 heteroatoms. The number of sulfonamides is 1. The highest BCUT2D eigenvalue weighted by molar-refractivity contribution is 7.92. The van der Waals surface area contributed by atoms with Crippen molar-refractivity contribution in [2.45, 2.75) is 18.7 Å². The van der Waals surface area contributed by atoms with Crippen LogP contribution in [0.3, 0.4) is 0 Å². The van der Waals surface area contributed by atoms with Gasteiger partial charge < -0.3 is 19.5 Å². The molecule has 8 nitrogen and oxygen atoms in total. The normalized spacial score (nSPS) is 11.0. The number of benzene rings is 3. The van der Waals surface area contributed by atoms with Crippen LogP contribution in [-0.2, 0) is 14.8 Å². The summed E-state index contributed by atoms with van der Waals surface area (Å²) in [5.74, 6) is 0.734. The smallest absolute Gasteiger partial charge is 0.264 e. The molecule has 1 N–H and O–H groups in total. The lowest BCUT2D eigenvalue weighted by molar-refractivity contribution is -0.114. The second-order valence-electron chi connectivity index (χ2n) is 7.57. The van der Waals surface area contributed by atoms with Gasteiger partial charge in [0.05, 0.1) is 31.9 Å². The van der Waals surface area contributed by atoms with Crippen molar-refractivity contribution in [3.8, 4) is 17.2 Å². The van der Waals surface area contributed by atoms with Gasteiger partial charge in [-0.25, -0.2) is 8.42 Å². The minimum Gasteiger partial charge on any atom is -0.497 e. The average Bonchev–Trinajstić information content (AvgIpc) is 2.84. The van der Waals surface area contributed by atoms with Crippen molar-refractivity contribution in [2.24, 2.45) is 0 Å². The monoisotopic (exact) mass is 484 g/mol. The molecule has 1 amide bonds. The summed E-state index contributed by atoms with van der Waals surface area (Å²) in [7, 11) is 0.269. The Morgan fingerprint density at radius 3 is 2.09 bits per heavy atom. The molecule has 0 radical (unpaired) electrons. The summed E-state index contributed by atoms with van der Waals surface area (Å²) in [6.07, 6.45) is 0. The Labute approximate surface area is 200 Å². The third-order valence-electron chi connectivity index (χ3n) is 5.38. The van der Waals surface area contributed by atoms with Gasteiger partial charge in [-0.1, -0.05) is 6.07 Å².